The van der Waals surface area contributed by atoms with E-state index in [-0.39, 0.29) is 5.69 Å². The highest BCUT2D eigenvalue weighted by Crippen LogP contribution is 2.08. The lowest BCUT2D eigenvalue weighted by Crippen LogP contribution is -2.12. The molecule has 0 bridgehead atoms. The maximum Gasteiger partial charge on any atom is 0.358 e. The smallest absolute Gasteiger partial charge is 0.358 e. The molecule has 0 saturated heterocycles. The van der Waals surface area contributed by atoms with Gasteiger partial charge in [-0.15, -0.1) is 0 Å². The minimum Gasteiger partial charge on any atom is -0.476 e. The number of hydrogen-bond acceptors (Lipinski definition) is 6. The molecule has 96 valence electrons. The van der Waals surface area contributed by atoms with E-state index in [2.05, 4.69) is 15.5 Å². The quantitative estimate of drug-likeness (QED) is 0.824. The van der Waals surface area contributed by atoms with E-state index in [4.69, 9.17) is 14.0 Å². The van der Waals surface area contributed by atoms with Gasteiger partial charge in [-0.05, 0) is 13.8 Å². The van der Waals surface area contributed by atoms with E-state index < -0.39 is 5.97 Å². The van der Waals surface area contributed by atoms with Crippen LogP contribution in [0.5, 0.6) is 0 Å². The molecule has 2 aromatic rings. The van der Waals surface area contributed by atoms with Gasteiger partial charge in [-0.2, -0.15) is 0 Å². The molecule has 7 nitrogen and oxygen atoms in total. The molecule has 0 aromatic carbocycles. The lowest BCUT2D eigenvalue weighted by atomic mass is 10.3. The van der Waals surface area contributed by atoms with Gasteiger partial charge in [0.2, 0.25) is 5.89 Å². The Morgan fingerprint density at radius 1 is 1.44 bits per heavy atom. The number of nitrogens with zero attached hydrogens (tertiary/aromatic N) is 2. The highest BCUT2D eigenvalue weighted by Gasteiger charge is 2.10. The van der Waals surface area contributed by atoms with E-state index in [1.807, 2.05) is 13.8 Å². The van der Waals surface area contributed by atoms with Crippen molar-refractivity contribution >= 4 is 5.97 Å². The van der Waals surface area contributed by atoms with Gasteiger partial charge in [0.1, 0.15) is 5.76 Å². The average molecular weight is 251 g/mol. The largest absolute Gasteiger partial charge is 0.476 e. The molecule has 0 aliphatic carbocycles. The van der Waals surface area contributed by atoms with Gasteiger partial charge in [-0.1, -0.05) is 5.16 Å². The Kier molecular flexibility index (Phi) is 3.42. The number of carboxylic acid groups (broad SMARTS) is 1. The van der Waals surface area contributed by atoms with Crippen LogP contribution >= 0.6 is 0 Å². The highest BCUT2D eigenvalue weighted by atomic mass is 16.5. The Labute approximate surface area is 103 Å². The number of carboxylic acids is 1. The SMILES string of the molecule is Cc1nc(CNCc2cc(C(=O)O)no2)oc1C. The van der Waals surface area contributed by atoms with Gasteiger partial charge in [-0.3, -0.25) is 0 Å². The molecule has 0 radical (unpaired) electrons. The minimum atomic E-state index is -1.11. The topological polar surface area (TPSA) is 101 Å². The van der Waals surface area contributed by atoms with E-state index in [0.717, 1.165) is 11.5 Å². The molecule has 2 heterocycles. The lowest BCUT2D eigenvalue weighted by molar-refractivity contribution is 0.0685. The van der Waals surface area contributed by atoms with Crippen LogP contribution in [0.15, 0.2) is 15.0 Å². The van der Waals surface area contributed by atoms with Crippen LogP contribution in [-0.4, -0.2) is 21.2 Å². The van der Waals surface area contributed by atoms with Crippen LogP contribution in [0.1, 0.15) is 33.6 Å². The van der Waals surface area contributed by atoms with Crippen molar-refractivity contribution < 1.29 is 18.8 Å². The number of nitrogens with one attached hydrogen (secondary N) is 1. The summed E-state index contributed by atoms with van der Waals surface area (Å²) in [4.78, 5) is 14.8. The summed E-state index contributed by atoms with van der Waals surface area (Å²) < 4.78 is 10.2. The molecule has 18 heavy (non-hydrogen) atoms. The van der Waals surface area contributed by atoms with Crippen molar-refractivity contribution in [1.82, 2.24) is 15.5 Å². The van der Waals surface area contributed by atoms with Crippen molar-refractivity contribution in [3.05, 3.63) is 34.9 Å². The number of aryl methyl sites for hydroxylation is 2. The van der Waals surface area contributed by atoms with E-state index in [1.165, 1.54) is 6.07 Å². The average Bonchev–Trinajstić information content (AvgIpc) is 2.88. The van der Waals surface area contributed by atoms with Crippen molar-refractivity contribution in [3.63, 3.8) is 0 Å². The second-order valence-corrected chi connectivity index (χ2v) is 3.84. The third-order valence-corrected chi connectivity index (χ3v) is 2.43. The highest BCUT2D eigenvalue weighted by molar-refractivity contribution is 5.85. The fourth-order valence-electron chi connectivity index (χ4n) is 1.40. The molecule has 0 atom stereocenters. The van der Waals surface area contributed by atoms with Crippen LogP contribution in [-0.2, 0) is 13.1 Å². The number of oxazole rings is 1. The lowest BCUT2D eigenvalue weighted by Gasteiger charge is -1.97. The Morgan fingerprint density at radius 3 is 2.78 bits per heavy atom. The van der Waals surface area contributed by atoms with Gasteiger partial charge in [0, 0.05) is 6.07 Å². The Balaban J connectivity index is 1.86. The molecular formula is C11H13N3O4. The van der Waals surface area contributed by atoms with Gasteiger partial charge >= 0.3 is 5.97 Å². The first-order valence-electron chi connectivity index (χ1n) is 5.39. The van der Waals surface area contributed by atoms with Crippen LogP contribution in [0.3, 0.4) is 0 Å². The van der Waals surface area contributed by atoms with Gasteiger partial charge < -0.3 is 19.4 Å². The first kappa shape index (κ1) is 12.3. The Morgan fingerprint density at radius 2 is 2.22 bits per heavy atom. The van der Waals surface area contributed by atoms with Gasteiger partial charge in [0.25, 0.3) is 0 Å². The summed E-state index contributed by atoms with van der Waals surface area (Å²) in [5.74, 6) is 0.721. The van der Waals surface area contributed by atoms with Crippen LogP contribution in [0.4, 0.5) is 0 Å². The first-order valence-corrected chi connectivity index (χ1v) is 5.39. The fourth-order valence-corrected chi connectivity index (χ4v) is 1.40. The second-order valence-electron chi connectivity index (χ2n) is 3.84. The zero-order chi connectivity index (χ0) is 13.1. The maximum atomic E-state index is 10.6. The van der Waals surface area contributed by atoms with Crippen molar-refractivity contribution in [2.45, 2.75) is 26.9 Å². The standard InChI is InChI=1S/C11H13N3O4/c1-6-7(2)17-10(13-6)5-12-4-8-3-9(11(15)16)14-18-8/h3,12H,4-5H2,1-2H3,(H,15,16). The van der Waals surface area contributed by atoms with Gasteiger partial charge in [0.15, 0.2) is 11.5 Å². The Bertz CT molecular complexity index is 539. The van der Waals surface area contributed by atoms with E-state index in [0.29, 0.717) is 24.7 Å². The van der Waals surface area contributed by atoms with Gasteiger partial charge in [-0.25, -0.2) is 9.78 Å². The van der Waals surface area contributed by atoms with E-state index >= 15 is 0 Å². The van der Waals surface area contributed by atoms with Crippen LogP contribution in [0.2, 0.25) is 0 Å². The van der Waals surface area contributed by atoms with E-state index in [9.17, 15) is 4.79 Å². The van der Waals surface area contributed by atoms with Crippen LogP contribution in [0, 0.1) is 13.8 Å². The third kappa shape index (κ3) is 2.75. The molecule has 0 aliphatic rings. The number of aromatic carboxylic acids is 1. The normalized spacial score (nSPS) is 10.8. The van der Waals surface area contributed by atoms with Crippen molar-refractivity contribution in [2.24, 2.45) is 0 Å². The number of rotatable bonds is 5. The molecule has 0 amide bonds. The van der Waals surface area contributed by atoms with Gasteiger partial charge in [0.05, 0.1) is 18.8 Å². The molecule has 0 fully saturated rings. The molecule has 0 saturated carbocycles. The van der Waals surface area contributed by atoms with Crippen molar-refractivity contribution in [1.29, 1.82) is 0 Å². The zero-order valence-corrected chi connectivity index (χ0v) is 10.1. The summed E-state index contributed by atoms with van der Waals surface area (Å²) in [6.45, 7) is 4.53. The predicted molar refractivity (Wildman–Crippen MR) is 60.0 cm³/mol. The summed E-state index contributed by atoms with van der Waals surface area (Å²) in [6.07, 6.45) is 0. The summed E-state index contributed by atoms with van der Waals surface area (Å²) in [5, 5.41) is 15.1. The molecule has 7 heteroatoms. The van der Waals surface area contributed by atoms with E-state index in [1.54, 1.807) is 0 Å². The second kappa shape index (κ2) is 5.01. The number of hydrogen-bond donors (Lipinski definition) is 2. The Hall–Kier alpha value is -2.15. The summed E-state index contributed by atoms with van der Waals surface area (Å²) in [6, 6.07) is 1.38. The van der Waals surface area contributed by atoms with Crippen molar-refractivity contribution in [3.8, 4) is 0 Å². The summed E-state index contributed by atoms with van der Waals surface area (Å²) in [5.41, 5.74) is 0.759. The zero-order valence-electron chi connectivity index (χ0n) is 10.1. The molecule has 2 aromatic heterocycles. The molecule has 0 spiro atoms. The minimum absolute atomic E-state index is 0.102. The van der Waals surface area contributed by atoms with Crippen LogP contribution in [0.25, 0.3) is 0 Å². The predicted octanol–water partition coefficient (Wildman–Crippen LogP) is 1.27. The maximum absolute atomic E-state index is 10.6. The molecule has 0 aliphatic heterocycles. The third-order valence-electron chi connectivity index (χ3n) is 2.43. The number of carbonyl (C=O) groups is 1. The summed E-state index contributed by atoms with van der Waals surface area (Å²) in [7, 11) is 0. The first-order chi connectivity index (χ1) is 8.56. The molecule has 2 rings (SSSR count). The monoisotopic (exact) mass is 251 g/mol. The number of aromatic nitrogens is 2. The molecule has 2 N–H and O–H groups in total. The van der Waals surface area contributed by atoms with Crippen molar-refractivity contribution in [2.75, 3.05) is 0 Å². The molecular weight excluding hydrogens is 238 g/mol. The fraction of sp³-hybridized carbons (Fsp3) is 0.364. The summed E-state index contributed by atoms with van der Waals surface area (Å²) >= 11 is 0. The van der Waals surface area contributed by atoms with Crippen LogP contribution < -0.4 is 5.32 Å². The molecule has 0 unspecified atom stereocenters.